The maximum atomic E-state index is 4.41. The van der Waals surface area contributed by atoms with Crippen LogP contribution < -0.4 is 5.32 Å². The summed E-state index contributed by atoms with van der Waals surface area (Å²) in [6, 6.07) is 0. The normalized spacial score (nSPS) is 19.3. The first-order chi connectivity index (χ1) is 9.72. The van der Waals surface area contributed by atoms with Crippen molar-refractivity contribution < 1.29 is 0 Å². The number of aryl methyl sites for hydroxylation is 1. The third kappa shape index (κ3) is 5.69. The summed E-state index contributed by atoms with van der Waals surface area (Å²) < 4.78 is 1.97. The average Bonchev–Trinajstić information content (AvgIpc) is 2.89. The van der Waals surface area contributed by atoms with E-state index in [1.807, 2.05) is 17.9 Å². The van der Waals surface area contributed by atoms with Crippen molar-refractivity contribution in [1.82, 2.24) is 20.0 Å². The molecule has 0 amide bonds. The van der Waals surface area contributed by atoms with Crippen LogP contribution in [0.1, 0.15) is 18.9 Å². The molecule has 0 saturated carbocycles. The van der Waals surface area contributed by atoms with Crippen LogP contribution in [0.5, 0.6) is 0 Å². The second-order valence-electron chi connectivity index (χ2n) is 5.10. The van der Waals surface area contributed by atoms with Gasteiger partial charge in [-0.05, 0) is 18.9 Å². The molecule has 5 nitrogen and oxygen atoms in total. The lowest BCUT2D eigenvalue weighted by Gasteiger charge is -2.34. The third-order valence-electron chi connectivity index (χ3n) is 3.49. The number of hydrogen-bond donors (Lipinski definition) is 1. The molecule has 21 heavy (non-hydrogen) atoms. The second-order valence-corrected chi connectivity index (χ2v) is 6.51. The summed E-state index contributed by atoms with van der Waals surface area (Å²) in [4.78, 5) is 6.78. The van der Waals surface area contributed by atoms with Gasteiger partial charge in [0.25, 0.3) is 0 Å². The molecule has 1 aliphatic rings. The van der Waals surface area contributed by atoms with Crippen LogP contribution in [0.15, 0.2) is 17.4 Å². The quantitative estimate of drug-likeness (QED) is 0.458. The van der Waals surface area contributed by atoms with E-state index in [1.165, 1.54) is 17.7 Å². The summed E-state index contributed by atoms with van der Waals surface area (Å²) in [7, 11) is 1.86. The zero-order valence-corrected chi connectivity index (χ0v) is 16.2. The highest BCUT2D eigenvalue weighted by Gasteiger charge is 2.21. The maximum absolute atomic E-state index is 4.41. The first kappa shape index (κ1) is 18.6. The van der Waals surface area contributed by atoms with E-state index >= 15 is 0 Å². The van der Waals surface area contributed by atoms with Crippen molar-refractivity contribution in [1.29, 1.82) is 0 Å². The first-order valence-corrected chi connectivity index (χ1v) is 8.34. The van der Waals surface area contributed by atoms with E-state index in [2.05, 4.69) is 52.1 Å². The minimum Gasteiger partial charge on any atom is -0.354 e. The predicted molar refractivity (Wildman–Crippen MR) is 102 cm³/mol. The standard InChI is InChI=1S/C14H25N5S.HI/c1-4-13-11-18(7-8-20-13)14(15-3)16-5-6-19-10-12(2)9-17-19;/h9-10,13H,4-8,11H2,1-3H3,(H,15,16);1H. The second kappa shape index (κ2) is 9.55. The minimum absolute atomic E-state index is 0. The lowest BCUT2D eigenvalue weighted by atomic mass is 10.3. The topological polar surface area (TPSA) is 45.5 Å². The van der Waals surface area contributed by atoms with Gasteiger partial charge < -0.3 is 10.2 Å². The molecule has 0 aliphatic carbocycles. The summed E-state index contributed by atoms with van der Waals surface area (Å²) in [6.45, 7) is 8.23. The molecule has 1 aromatic rings. The molecular weight excluding hydrogens is 397 g/mol. The van der Waals surface area contributed by atoms with Crippen LogP contribution in [-0.4, -0.2) is 58.3 Å². The molecule has 120 valence electrons. The van der Waals surface area contributed by atoms with Crippen molar-refractivity contribution in [2.75, 3.05) is 32.4 Å². The Morgan fingerprint density at radius 1 is 1.57 bits per heavy atom. The fourth-order valence-electron chi connectivity index (χ4n) is 2.36. The van der Waals surface area contributed by atoms with E-state index in [4.69, 9.17) is 0 Å². The van der Waals surface area contributed by atoms with Crippen molar-refractivity contribution in [2.24, 2.45) is 4.99 Å². The van der Waals surface area contributed by atoms with Gasteiger partial charge in [0.2, 0.25) is 0 Å². The summed E-state index contributed by atoms with van der Waals surface area (Å²) in [6.07, 6.45) is 5.18. The summed E-state index contributed by atoms with van der Waals surface area (Å²) >= 11 is 2.08. The van der Waals surface area contributed by atoms with Crippen LogP contribution in [0, 0.1) is 6.92 Å². The average molecular weight is 423 g/mol. The Morgan fingerprint density at radius 2 is 2.38 bits per heavy atom. The molecule has 1 aliphatic heterocycles. The zero-order valence-electron chi connectivity index (χ0n) is 13.1. The Morgan fingerprint density at radius 3 is 3.00 bits per heavy atom. The van der Waals surface area contributed by atoms with Gasteiger partial charge >= 0.3 is 0 Å². The Hall–Kier alpha value is -0.440. The highest BCUT2D eigenvalue weighted by atomic mass is 127. The molecule has 1 fully saturated rings. The van der Waals surface area contributed by atoms with Crippen molar-refractivity contribution in [2.45, 2.75) is 32.1 Å². The van der Waals surface area contributed by atoms with Gasteiger partial charge in [-0.3, -0.25) is 9.67 Å². The number of thioether (sulfide) groups is 1. The Labute approximate surface area is 149 Å². The lowest BCUT2D eigenvalue weighted by molar-refractivity contribution is 0.406. The predicted octanol–water partition coefficient (Wildman–Crippen LogP) is 2.21. The maximum Gasteiger partial charge on any atom is 0.193 e. The van der Waals surface area contributed by atoms with Gasteiger partial charge in [0.15, 0.2) is 5.96 Å². The Kier molecular flexibility index (Phi) is 8.46. The van der Waals surface area contributed by atoms with Crippen molar-refractivity contribution in [3.05, 3.63) is 18.0 Å². The molecule has 1 atom stereocenters. The van der Waals surface area contributed by atoms with Gasteiger partial charge in [0, 0.05) is 43.9 Å². The number of guanidine groups is 1. The van der Waals surface area contributed by atoms with E-state index in [0.717, 1.165) is 37.4 Å². The Balaban J connectivity index is 0.00000220. The van der Waals surface area contributed by atoms with Gasteiger partial charge in [-0.2, -0.15) is 16.9 Å². The lowest BCUT2D eigenvalue weighted by Crippen LogP contribution is -2.48. The van der Waals surface area contributed by atoms with Crippen LogP contribution in [0.4, 0.5) is 0 Å². The first-order valence-electron chi connectivity index (χ1n) is 7.29. The highest BCUT2D eigenvalue weighted by molar-refractivity contribution is 14.0. The molecule has 1 aromatic heterocycles. The van der Waals surface area contributed by atoms with Crippen molar-refractivity contribution in [3.8, 4) is 0 Å². The van der Waals surface area contributed by atoms with Crippen LogP contribution in [0.25, 0.3) is 0 Å². The largest absolute Gasteiger partial charge is 0.354 e. The fourth-order valence-corrected chi connectivity index (χ4v) is 3.54. The van der Waals surface area contributed by atoms with E-state index in [0.29, 0.717) is 0 Å². The molecule has 0 bridgehead atoms. The summed E-state index contributed by atoms with van der Waals surface area (Å²) in [5, 5.41) is 8.48. The summed E-state index contributed by atoms with van der Waals surface area (Å²) in [5.41, 5.74) is 1.20. The molecule has 0 aromatic carbocycles. The highest BCUT2D eigenvalue weighted by Crippen LogP contribution is 2.20. The van der Waals surface area contributed by atoms with E-state index in [9.17, 15) is 0 Å². The van der Waals surface area contributed by atoms with E-state index in [-0.39, 0.29) is 24.0 Å². The molecule has 7 heteroatoms. The number of aliphatic imine (C=N–C) groups is 1. The number of aromatic nitrogens is 2. The monoisotopic (exact) mass is 423 g/mol. The fraction of sp³-hybridized carbons (Fsp3) is 0.714. The Bertz CT molecular complexity index is 448. The molecular formula is C14H26IN5S. The van der Waals surface area contributed by atoms with Gasteiger partial charge in [-0.25, -0.2) is 0 Å². The van der Waals surface area contributed by atoms with Crippen LogP contribution in [0.2, 0.25) is 0 Å². The smallest absolute Gasteiger partial charge is 0.193 e. The summed E-state index contributed by atoms with van der Waals surface area (Å²) in [5.74, 6) is 2.21. The molecule has 2 rings (SSSR count). The van der Waals surface area contributed by atoms with E-state index < -0.39 is 0 Å². The van der Waals surface area contributed by atoms with Crippen LogP contribution in [-0.2, 0) is 6.54 Å². The number of nitrogens with zero attached hydrogens (tertiary/aromatic N) is 4. The molecule has 0 radical (unpaired) electrons. The van der Waals surface area contributed by atoms with E-state index in [1.54, 1.807) is 0 Å². The van der Waals surface area contributed by atoms with Gasteiger partial charge in [0.1, 0.15) is 0 Å². The van der Waals surface area contributed by atoms with Crippen LogP contribution in [0.3, 0.4) is 0 Å². The molecule has 1 saturated heterocycles. The molecule has 1 unspecified atom stereocenters. The van der Waals surface area contributed by atoms with Gasteiger partial charge in [-0.1, -0.05) is 6.92 Å². The molecule has 2 heterocycles. The van der Waals surface area contributed by atoms with Gasteiger partial charge in [-0.15, -0.1) is 24.0 Å². The molecule has 0 spiro atoms. The van der Waals surface area contributed by atoms with Crippen LogP contribution >= 0.6 is 35.7 Å². The minimum atomic E-state index is 0. The SMILES string of the molecule is CCC1CN(C(=NC)NCCn2cc(C)cn2)CCS1.I. The number of hydrogen-bond acceptors (Lipinski definition) is 3. The van der Waals surface area contributed by atoms with Gasteiger partial charge in [0.05, 0.1) is 12.7 Å². The molecule has 1 N–H and O–H groups in total. The van der Waals surface area contributed by atoms with Crippen molar-refractivity contribution >= 4 is 41.7 Å². The number of nitrogens with one attached hydrogen (secondary N) is 1. The number of rotatable bonds is 4. The zero-order chi connectivity index (χ0) is 14.4. The van der Waals surface area contributed by atoms with Crippen molar-refractivity contribution in [3.63, 3.8) is 0 Å². The number of halogens is 1. The third-order valence-corrected chi connectivity index (χ3v) is 4.86.